The van der Waals surface area contributed by atoms with E-state index >= 15 is 0 Å². The Morgan fingerprint density at radius 1 is 0.805 bits per heavy atom. The van der Waals surface area contributed by atoms with Gasteiger partial charge in [0.1, 0.15) is 23.0 Å². The van der Waals surface area contributed by atoms with Crippen molar-refractivity contribution < 1.29 is 46.7 Å². The van der Waals surface area contributed by atoms with Crippen molar-refractivity contribution >= 4 is 18.4 Å². The molecule has 2 N–H and O–H groups in total. The van der Waals surface area contributed by atoms with Crippen LogP contribution in [0.4, 0.5) is 0 Å². The van der Waals surface area contributed by atoms with E-state index in [-0.39, 0.29) is 51.5 Å². The number of aliphatic carboxylic acids is 1. The van der Waals surface area contributed by atoms with E-state index < -0.39 is 5.97 Å². The topological polar surface area (TPSA) is 124 Å². The van der Waals surface area contributed by atoms with Gasteiger partial charge in [-0.3, -0.25) is 9.98 Å². The number of benzene rings is 2. The number of phenolic OH excluding ortho intramolecular Hbond substituents is 2. The van der Waals surface area contributed by atoms with Crippen LogP contribution in [0.15, 0.2) is 34.3 Å². The first kappa shape index (κ1) is 36.0. The molecule has 2 unspecified atom stereocenters. The minimum absolute atomic E-state index is 0. The summed E-state index contributed by atoms with van der Waals surface area (Å²) < 4.78 is 11.0. The first-order valence-corrected chi connectivity index (χ1v) is 13.6. The minimum Gasteiger partial charge on any atom is -0.550 e. The van der Waals surface area contributed by atoms with Gasteiger partial charge in [-0.2, -0.15) is 0 Å². The van der Waals surface area contributed by atoms with Gasteiger partial charge in [0.25, 0.3) is 0 Å². The molecule has 0 amide bonds. The predicted molar refractivity (Wildman–Crippen MR) is 159 cm³/mol. The molecule has 2 aromatic carbocycles. The van der Waals surface area contributed by atoms with E-state index in [1.165, 1.54) is 0 Å². The molecule has 0 bridgehead atoms. The van der Waals surface area contributed by atoms with E-state index in [1.54, 1.807) is 26.6 Å². The summed E-state index contributed by atoms with van der Waals surface area (Å²) in [4.78, 5) is 18.6. The van der Waals surface area contributed by atoms with Crippen molar-refractivity contribution in [3.63, 3.8) is 0 Å². The number of hydrogen-bond acceptors (Lipinski definition) is 8. The van der Waals surface area contributed by atoms with Crippen LogP contribution < -0.4 is 14.6 Å². The summed E-state index contributed by atoms with van der Waals surface area (Å²) in [6.07, 6.45) is 7.53. The average Bonchev–Trinajstić information content (AvgIpc) is 2.86. The number of carbonyl (C=O) groups excluding carboxylic acids is 1. The van der Waals surface area contributed by atoms with Crippen LogP contribution in [0, 0.1) is 0 Å². The molecule has 1 radical (unpaired) electrons. The maximum atomic E-state index is 10.9. The van der Waals surface area contributed by atoms with E-state index in [4.69, 9.17) is 29.4 Å². The second-order valence-electron chi connectivity index (χ2n) is 12.2. The fraction of sp³-hybridized carbons (Fsp3) is 0.531. The zero-order valence-electron chi connectivity index (χ0n) is 25.7. The Kier molecular flexibility index (Phi) is 13.4. The minimum atomic E-state index is -1.08. The number of carbonyl (C=O) groups is 1. The van der Waals surface area contributed by atoms with Crippen LogP contribution >= 0.6 is 0 Å². The molecule has 0 spiro atoms. The summed E-state index contributed by atoms with van der Waals surface area (Å²) in [5.41, 5.74) is 2.47. The number of rotatable bonds is 6. The van der Waals surface area contributed by atoms with Crippen LogP contribution in [-0.4, -0.2) is 54.9 Å². The van der Waals surface area contributed by atoms with E-state index in [9.17, 15) is 10.2 Å². The monoisotopic (exact) mass is 608 g/mol. The molecule has 2 atom stereocenters. The van der Waals surface area contributed by atoms with Crippen molar-refractivity contribution in [2.24, 2.45) is 9.98 Å². The molecule has 1 fully saturated rings. The summed E-state index contributed by atoms with van der Waals surface area (Å²) in [6.45, 7) is 13.3. The molecule has 41 heavy (non-hydrogen) atoms. The number of hydrogen-bond donors (Lipinski definition) is 2. The van der Waals surface area contributed by atoms with Crippen LogP contribution in [0.1, 0.15) is 96.4 Å². The van der Waals surface area contributed by atoms with Gasteiger partial charge >= 0.3 is 0 Å². The number of methoxy groups -OCH3 is 2. The number of carboxylic acid groups (broad SMARTS) is 1. The Hall–Kier alpha value is -3.03. The summed E-state index contributed by atoms with van der Waals surface area (Å²) in [5.74, 6) is 0.777. The van der Waals surface area contributed by atoms with Crippen LogP contribution in [-0.2, 0) is 32.7 Å². The zero-order chi connectivity index (χ0) is 30.3. The van der Waals surface area contributed by atoms with Crippen molar-refractivity contribution in [3.8, 4) is 23.0 Å². The zero-order valence-corrected chi connectivity index (χ0v) is 26.9. The van der Waals surface area contributed by atoms with Crippen molar-refractivity contribution in [1.82, 2.24) is 0 Å². The van der Waals surface area contributed by atoms with Crippen molar-refractivity contribution in [3.05, 3.63) is 46.5 Å². The van der Waals surface area contributed by atoms with E-state index in [0.29, 0.717) is 22.6 Å². The second kappa shape index (κ2) is 15.3. The van der Waals surface area contributed by atoms with Gasteiger partial charge < -0.3 is 29.6 Å². The summed E-state index contributed by atoms with van der Waals surface area (Å²) in [5, 5.41) is 30.8. The predicted octanol–water partition coefficient (Wildman–Crippen LogP) is 5.31. The summed E-state index contributed by atoms with van der Waals surface area (Å²) >= 11 is 0. The molecule has 1 saturated carbocycles. The van der Waals surface area contributed by atoms with Gasteiger partial charge in [0, 0.05) is 57.7 Å². The maximum absolute atomic E-state index is 10.9. The number of aromatic hydroxyl groups is 2. The fourth-order valence-corrected chi connectivity index (χ4v) is 4.63. The van der Waals surface area contributed by atoms with Crippen LogP contribution in [0.25, 0.3) is 0 Å². The van der Waals surface area contributed by atoms with Gasteiger partial charge in [-0.1, -0.05) is 54.4 Å². The molecule has 0 aromatic heterocycles. The molecule has 0 saturated heterocycles. The first-order valence-electron chi connectivity index (χ1n) is 13.6. The maximum Gasteiger partial charge on any atom is 0.128 e. The van der Waals surface area contributed by atoms with Crippen molar-refractivity contribution in [1.29, 1.82) is 0 Å². The Balaban J connectivity index is 0.00000157. The standard InChI is InChI=1S/C30H42N2O4.C2H4O2.Mn/c1-29(2,3)23-15-21(35-7)13-19(27(23)33)17-31-25-11-9-10-12-26(25)32-18-20-14-22(36-8)16-24(28(20)34)30(4,5)6;1-2(3)4;/h13-18,25-26,33-34H,9-12H2,1-8H3;1H3,(H,3,4);/p-1. The van der Waals surface area contributed by atoms with Gasteiger partial charge in [0.2, 0.25) is 0 Å². The average molecular weight is 609 g/mol. The van der Waals surface area contributed by atoms with Gasteiger partial charge in [-0.15, -0.1) is 0 Å². The largest absolute Gasteiger partial charge is 0.550 e. The Bertz CT molecular complexity index is 1130. The first-order chi connectivity index (χ1) is 18.6. The number of phenols is 2. The number of nitrogens with zero attached hydrogens (tertiary/aromatic N) is 2. The third-order valence-corrected chi connectivity index (χ3v) is 6.82. The normalized spacial score (nSPS) is 17.5. The number of carboxylic acids is 1. The molecule has 227 valence electrons. The van der Waals surface area contributed by atoms with Gasteiger partial charge in [0.05, 0.1) is 26.3 Å². The van der Waals surface area contributed by atoms with E-state index in [2.05, 4.69) is 41.5 Å². The van der Waals surface area contributed by atoms with Crippen molar-refractivity contribution in [2.75, 3.05) is 14.2 Å². The van der Waals surface area contributed by atoms with Gasteiger partial charge in [-0.25, -0.2) is 0 Å². The third-order valence-electron chi connectivity index (χ3n) is 6.82. The molecule has 1 aliphatic carbocycles. The van der Waals surface area contributed by atoms with Crippen LogP contribution in [0.3, 0.4) is 0 Å². The van der Waals surface area contributed by atoms with Gasteiger partial charge in [-0.05, 0) is 54.9 Å². The summed E-state index contributed by atoms with van der Waals surface area (Å²) in [6, 6.07) is 7.39. The van der Waals surface area contributed by atoms with E-state index in [0.717, 1.165) is 43.7 Å². The summed E-state index contributed by atoms with van der Waals surface area (Å²) in [7, 11) is 3.26. The van der Waals surface area contributed by atoms with Crippen molar-refractivity contribution in [2.45, 2.75) is 97.1 Å². The van der Waals surface area contributed by atoms with E-state index in [1.807, 2.05) is 24.3 Å². The molecular weight excluding hydrogens is 563 g/mol. The Morgan fingerprint density at radius 3 is 1.39 bits per heavy atom. The molecule has 9 heteroatoms. The quantitative estimate of drug-likeness (QED) is 0.338. The molecular formula is C32H45MnN2O6-. The Labute approximate surface area is 255 Å². The SMILES string of the molecule is CC(=O)[O-].COc1cc(C=NC2CCCCC2N=Cc2cc(OC)cc(C(C)(C)C)c2O)c(O)c(C(C)(C)C)c1.[Mn]. The molecule has 0 aliphatic heterocycles. The third kappa shape index (κ3) is 10.4. The molecule has 1 aliphatic rings. The fourth-order valence-electron chi connectivity index (χ4n) is 4.63. The second-order valence-corrected chi connectivity index (χ2v) is 12.2. The molecule has 2 aromatic rings. The van der Waals surface area contributed by atoms with Crippen LogP contribution in [0.2, 0.25) is 0 Å². The Morgan fingerprint density at radius 2 is 1.12 bits per heavy atom. The molecule has 8 nitrogen and oxygen atoms in total. The number of aliphatic imine (C=N–C) groups is 2. The van der Waals surface area contributed by atoms with Crippen LogP contribution in [0.5, 0.6) is 23.0 Å². The molecule has 0 heterocycles. The smallest absolute Gasteiger partial charge is 0.128 e. The van der Waals surface area contributed by atoms with Gasteiger partial charge in [0.15, 0.2) is 0 Å². The number of ether oxygens (including phenoxy) is 2. The molecule has 3 rings (SSSR count).